The quantitative estimate of drug-likeness (QED) is 0.156. The van der Waals surface area contributed by atoms with Crippen LogP contribution in [0.5, 0.6) is 0 Å². The topological polar surface area (TPSA) is 51.4 Å². The summed E-state index contributed by atoms with van der Waals surface area (Å²) < 4.78 is 2.16. The Bertz CT molecular complexity index is 2220. The fourth-order valence-corrected chi connectivity index (χ4v) is 6.19. The smallest absolute Gasteiger partial charge is 0.197 e. The Balaban J connectivity index is 1.65. The largest absolute Gasteiger partial charge is 0.307 e. The monoisotopic (exact) mass is 562 g/mol. The molecule has 0 spiro atoms. The average molecular weight is 563 g/mol. The average Bonchev–Trinajstić information content (AvgIpc) is 2.99. The molecule has 0 fully saturated rings. The summed E-state index contributed by atoms with van der Waals surface area (Å²) in [6.07, 6.45) is 1.78. The highest BCUT2D eigenvalue weighted by Gasteiger charge is 2.23. The van der Waals surface area contributed by atoms with Gasteiger partial charge in [-0.1, -0.05) is 77.9 Å². The van der Waals surface area contributed by atoms with Crippen molar-refractivity contribution in [2.24, 2.45) is 0 Å². The first-order chi connectivity index (χ1) is 20.4. The molecule has 7 aromatic rings. The van der Waals surface area contributed by atoms with Gasteiger partial charge in [0.15, 0.2) is 10.9 Å². The predicted octanol–water partition coefficient (Wildman–Crippen LogP) is 8.88. The van der Waals surface area contributed by atoms with Gasteiger partial charge in [-0.15, -0.1) is 0 Å². The molecule has 7 rings (SSSR count). The third-order valence-electron chi connectivity index (χ3n) is 8.68. The molecule has 0 saturated heterocycles. The Morgan fingerprint density at radius 3 is 1.60 bits per heavy atom. The van der Waals surface area contributed by atoms with E-state index in [1.807, 2.05) is 60.7 Å². The fraction of sp³-hybridized carbons (Fsp3) is 0.205. The highest BCUT2D eigenvalue weighted by molar-refractivity contribution is 6.09. The molecule has 3 heterocycles. The van der Waals surface area contributed by atoms with Gasteiger partial charge >= 0.3 is 0 Å². The maximum absolute atomic E-state index is 14.3. The van der Waals surface area contributed by atoms with Crippen LogP contribution in [0.15, 0.2) is 107 Å². The highest BCUT2D eigenvalue weighted by Crippen LogP contribution is 2.35. The number of hydrogen-bond acceptors (Lipinski definition) is 3. The Morgan fingerprint density at radius 1 is 0.535 bits per heavy atom. The number of pyridine rings is 3. The Kier molecular flexibility index (Phi) is 5.87. The number of benzene rings is 4. The molecule has 0 N–H and O–H groups in total. The third kappa shape index (κ3) is 4.32. The van der Waals surface area contributed by atoms with Crippen molar-refractivity contribution in [1.82, 2.24) is 9.38 Å². The molecule has 4 heteroatoms. The van der Waals surface area contributed by atoms with Crippen LogP contribution in [0.4, 0.5) is 0 Å². The Morgan fingerprint density at radius 2 is 1.09 bits per heavy atom. The van der Waals surface area contributed by atoms with Crippen LogP contribution in [0.25, 0.3) is 60.5 Å². The molecule has 0 amide bonds. The van der Waals surface area contributed by atoms with Crippen LogP contribution >= 0.6 is 0 Å². The van der Waals surface area contributed by atoms with Crippen molar-refractivity contribution >= 4 is 38.1 Å². The van der Waals surface area contributed by atoms with E-state index in [1.165, 1.54) is 0 Å². The van der Waals surface area contributed by atoms with E-state index in [-0.39, 0.29) is 21.7 Å². The molecule has 0 bridgehead atoms. The van der Waals surface area contributed by atoms with Crippen LogP contribution in [-0.4, -0.2) is 9.38 Å². The first kappa shape index (κ1) is 27.0. The van der Waals surface area contributed by atoms with Crippen LogP contribution in [0, 0.1) is 0 Å². The summed E-state index contributed by atoms with van der Waals surface area (Å²) in [6.45, 7) is 13.1. The van der Waals surface area contributed by atoms with Crippen molar-refractivity contribution in [3.63, 3.8) is 0 Å². The molecule has 3 aromatic heterocycles. The van der Waals surface area contributed by atoms with Gasteiger partial charge in [0.25, 0.3) is 0 Å². The minimum absolute atomic E-state index is 0.0612. The summed E-state index contributed by atoms with van der Waals surface area (Å²) in [5, 5.41) is 2.39. The lowest BCUT2D eigenvalue weighted by atomic mass is 9.85. The number of fused-ring (bicyclic) bond motifs is 4. The Labute approximate surface area is 250 Å². The van der Waals surface area contributed by atoms with Gasteiger partial charge in [0, 0.05) is 33.3 Å². The van der Waals surface area contributed by atoms with Gasteiger partial charge in [0.2, 0.25) is 0 Å². The maximum Gasteiger partial charge on any atom is 0.197 e. The zero-order valence-corrected chi connectivity index (χ0v) is 25.4. The summed E-state index contributed by atoms with van der Waals surface area (Å²) in [5.41, 5.74) is 7.88. The molecule has 0 aliphatic heterocycles. The van der Waals surface area contributed by atoms with E-state index < -0.39 is 0 Å². The molecule has 43 heavy (non-hydrogen) atoms. The minimum Gasteiger partial charge on any atom is -0.307 e. The summed E-state index contributed by atoms with van der Waals surface area (Å²) in [7, 11) is 0. The van der Waals surface area contributed by atoms with Crippen molar-refractivity contribution in [1.29, 1.82) is 0 Å². The highest BCUT2D eigenvalue weighted by atomic mass is 16.1. The lowest BCUT2D eigenvalue weighted by Gasteiger charge is -2.23. The van der Waals surface area contributed by atoms with Gasteiger partial charge in [-0.3, -0.25) is 14.6 Å². The van der Waals surface area contributed by atoms with E-state index in [2.05, 4.69) is 81.3 Å². The summed E-state index contributed by atoms with van der Waals surface area (Å²) in [6, 6.07) is 30.2. The molecule has 0 radical (unpaired) electrons. The number of rotatable bonds is 2. The first-order valence-electron chi connectivity index (χ1n) is 14.8. The van der Waals surface area contributed by atoms with E-state index in [0.29, 0.717) is 27.1 Å². The van der Waals surface area contributed by atoms with E-state index in [4.69, 9.17) is 0 Å². The van der Waals surface area contributed by atoms with E-state index in [1.54, 1.807) is 6.20 Å². The predicted molar refractivity (Wildman–Crippen MR) is 180 cm³/mol. The zero-order chi connectivity index (χ0) is 30.3. The second kappa shape index (κ2) is 9.34. The molecule has 4 nitrogen and oxygen atoms in total. The molecular weight excluding hydrogens is 528 g/mol. The van der Waals surface area contributed by atoms with E-state index in [9.17, 15) is 9.59 Å². The van der Waals surface area contributed by atoms with Crippen LogP contribution in [-0.2, 0) is 10.8 Å². The van der Waals surface area contributed by atoms with Crippen molar-refractivity contribution in [3.8, 4) is 22.4 Å². The SMILES string of the molecule is CC(C)(C)c1ccc2c(=O)c3cc(-c4cccc(-c5ccccn5)c4)cc4c(=O)c5ccc(C(C)(C)C)cc5n(c2c1)c34. The van der Waals surface area contributed by atoms with Gasteiger partial charge in [-0.05, 0) is 87.7 Å². The molecule has 0 aliphatic rings. The normalized spacial score (nSPS) is 12.6. The van der Waals surface area contributed by atoms with Gasteiger partial charge in [0.1, 0.15) is 0 Å². The number of aromatic nitrogens is 2. The molecular formula is C39H34N2O2. The first-order valence-corrected chi connectivity index (χ1v) is 14.8. The fourth-order valence-electron chi connectivity index (χ4n) is 6.19. The zero-order valence-electron chi connectivity index (χ0n) is 25.4. The molecule has 4 aromatic carbocycles. The summed E-state index contributed by atoms with van der Waals surface area (Å²) >= 11 is 0. The van der Waals surface area contributed by atoms with Crippen molar-refractivity contribution < 1.29 is 0 Å². The maximum atomic E-state index is 14.3. The number of hydrogen-bond donors (Lipinski definition) is 0. The molecule has 0 unspecified atom stereocenters. The lowest BCUT2D eigenvalue weighted by Crippen LogP contribution is -2.17. The molecule has 0 saturated carbocycles. The lowest BCUT2D eigenvalue weighted by molar-refractivity contribution is 0.591. The third-order valence-corrected chi connectivity index (χ3v) is 8.68. The van der Waals surface area contributed by atoms with Crippen LogP contribution in [0.2, 0.25) is 0 Å². The second-order valence-corrected chi connectivity index (χ2v) is 13.7. The summed E-state index contributed by atoms with van der Waals surface area (Å²) in [4.78, 5) is 33.1. The van der Waals surface area contributed by atoms with Gasteiger partial charge < -0.3 is 4.40 Å². The van der Waals surface area contributed by atoms with Crippen molar-refractivity contribution in [2.45, 2.75) is 52.4 Å². The summed E-state index contributed by atoms with van der Waals surface area (Å²) in [5.74, 6) is 0. The van der Waals surface area contributed by atoms with E-state index in [0.717, 1.165) is 44.5 Å². The molecule has 0 aliphatic carbocycles. The van der Waals surface area contributed by atoms with Crippen LogP contribution in [0.3, 0.4) is 0 Å². The van der Waals surface area contributed by atoms with Crippen LogP contribution < -0.4 is 10.9 Å². The molecule has 0 atom stereocenters. The van der Waals surface area contributed by atoms with Crippen molar-refractivity contribution in [2.75, 3.05) is 0 Å². The minimum atomic E-state index is -0.106. The van der Waals surface area contributed by atoms with Crippen LogP contribution in [0.1, 0.15) is 52.7 Å². The van der Waals surface area contributed by atoms with Gasteiger partial charge in [-0.25, -0.2) is 0 Å². The van der Waals surface area contributed by atoms with E-state index >= 15 is 0 Å². The Hall–Kier alpha value is -4.83. The molecule has 212 valence electrons. The van der Waals surface area contributed by atoms with Gasteiger partial charge in [-0.2, -0.15) is 0 Å². The van der Waals surface area contributed by atoms with Gasteiger partial charge in [0.05, 0.1) is 22.2 Å². The number of nitrogens with zero attached hydrogens (tertiary/aromatic N) is 2. The van der Waals surface area contributed by atoms with Crippen molar-refractivity contribution in [3.05, 3.63) is 129 Å². The standard InChI is InChI=1S/C39H34N2O2/c1-38(2,3)26-13-15-28-33(21-26)41-34-22-27(39(4,5)6)14-16-29(34)37(43)31-20-25(19-30(35(31)41)36(28)42)23-10-9-11-24(18-23)32-12-7-8-17-40-32/h7-22H,1-6H3. The second-order valence-electron chi connectivity index (χ2n) is 13.7.